The van der Waals surface area contributed by atoms with Crippen LogP contribution in [0.3, 0.4) is 0 Å². The molecule has 2 N–H and O–H groups in total. The number of aromatic nitrogens is 1. The predicted octanol–water partition coefficient (Wildman–Crippen LogP) is 2.23. The van der Waals surface area contributed by atoms with Gasteiger partial charge in [0.1, 0.15) is 10.7 Å². The minimum atomic E-state index is -0.274. The molecule has 0 saturated carbocycles. The lowest BCUT2D eigenvalue weighted by molar-refractivity contribution is -0.123. The van der Waals surface area contributed by atoms with Crippen LogP contribution in [0.5, 0.6) is 0 Å². The van der Waals surface area contributed by atoms with Gasteiger partial charge in [-0.05, 0) is 24.5 Å². The summed E-state index contributed by atoms with van der Waals surface area (Å²) in [4.78, 5) is 42.7. The van der Waals surface area contributed by atoms with Crippen molar-refractivity contribution >= 4 is 29.1 Å². The van der Waals surface area contributed by atoms with Crippen LogP contribution in [0.2, 0.25) is 0 Å². The normalized spacial score (nSPS) is 15.2. The van der Waals surface area contributed by atoms with E-state index in [-0.39, 0.29) is 30.3 Å². The summed E-state index contributed by atoms with van der Waals surface area (Å²) in [6.45, 7) is 5.12. The molecule has 1 saturated heterocycles. The lowest BCUT2D eigenvalue weighted by atomic mass is 10.0. The van der Waals surface area contributed by atoms with Crippen LogP contribution < -0.4 is 10.6 Å². The van der Waals surface area contributed by atoms with Crippen LogP contribution in [0.25, 0.3) is 0 Å². The Kier molecular flexibility index (Phi) is 6.41. The van der Waals surface area contributed by atoms with Crippen LogP contribution in [0, 0.1) is 5.92 Å². The van der Waals surface area contributed by atoms with E-state index in [0.29, 0.717) is 41.7 Å². The number of carbonyl (C=O) groups excluding carboxylic acids is 3. The Morgan fingerprint density at radius 2 is 2.04 bits per heavy atom. The maximum Gasteiger partial charge on any atom is 0.273 e. The van der Waals surface area contributed by atoms with Gasteiger partial charge in [0.05, 0.1) is 12.6 Å². The first-order chi connectivity index (χ1) is 13.4. The molecule has 1 aliphatic heterocycles. The summed E-state index contributed by atoms with van der Waals surface area (Å²) in [5, 5.41) is 8.14. The van der Waals surface area contributed by atoms with E-state index < -0.39 is 0 Å². The fraction of sp³-hybridized carbons (Fsp3) is 0.400. The van der Waals surface area contributed by atoms with Gasteiger partial charge in [0.15, 0.2) is 0 Å². The number of piperazine rings is 1. The topological polar surface area (TPSA) is 91.4 Å². The van der Waals surface area contributed by atoms with Gasteiger partial charge in [-0.1, -0.05) is 32.0 Å². The van der Waals surface area contributed by atoms with Crippen LogP contribution in [0.15, 0.2) is 35.7 Å². The molecular formula is C20H24N4O3S. The van der Waals surface area contributed by atoms with Crippen LogP contribution in [-0.2, 0) is 4.79 Å². The van der Waals surface area contributed by atoms with Gasteiger partial charge in [-0.15, -0.1) is 11.3 Å². The van der Waals surface area contributed by atoms with Gasteiger partial charge in [0.25, 0.3) is 11.8 Å². The summed E-state index contributed by atoms with van der Waals surface area (Å²) in [6.07, 6.45) is 0.714. The molecular weight excluding hydrogens is 376 g/mol. The molecule has 8 heteroatoms. The van der Waals surface area contributed by atoms with Crippen molar-refractivity contribution in [2.45, 2.75) is 26.3 Å². The molecule has 0 spiro atoms. The third-order valence-corrected chi connectivity index (χ3v) is 5.37. The number of hydrogen-bond donors (Lipinski definition) is 2. The van der Waals surface area contributed by atoms with Gasteiger partial charge in [-0.2, -0.15) is 0 Å². The first-order valence-corrected chi connectivity index (χ1v) is 10.2. The van der Waals surface area contributed by atoms with Crippen molar-refractivity contribution in [3.8, 4) is 0 Å². The average Bonchev–Trinajstić information content (AvgIpc) is 3.17. The Balaban J connectivity index is 1.75. The molecule has 1 aromatic heterocycles. The standard InChI is InChI=1S/C20H24N4O3S/c1-13(2)10-15(22-18(26)14-6-4-3-5-7-14)19-23-16(12-28-19)20(27)24-9-8-21-17(25)11-24/h3-7,12-13,15H,8-11H2,1-2H3,(H,21,25)(H,22,26)/t15-/m0/s1. The van der Waals surface area contributed by atoms with E-state index in [0.717, 1.165) is 0 Å². The lowest BCUT2D eigenvalue weighted by Gasteiger charge is -2.25. The first kappa shape index (κ1) is 20.0. The van der Waals surface area contributed by atoms with E-state index in [1.54, 1.807) is 17.5 Å². The van der Waals surface area contributed by atoms with E-state index in [1.807, 2.05) is 18.2 Å². The number of benzene rings is 1. The highest BCUT2D eigenvalue weighted by Gasteiger charge is 2.26. The quantitative estimate of drug-likeness (QED) is 0.778. The van der Waals surface area contributed by atoms with E-state index >= 15 is 0 Å². The number of rotatable bonds is 6. The second-order valence-electron chi connectivity index (χ2n) is 7.17. The van der Waals surface area contributed by atoms with Crippen LogP contribution in [0.1, 0.15) is 52.2 Å². The van der Waals surface area contributed by atoms with Crippen LogP contribution >= 0.6 is 11.3 Å². The summed E-state index contributed by atoms with van der Waals surface area (Å²) in [6, 6.07) is 8.76. The Bertz CT molecular complexity index is 850. The smallest absolute Gasteiger partial charge is 0.273 e. The molecule has 1 aliphatic rings. The van der Waals surface area contributed by atoms with Gasteiger partial charge in [-0.25, -0.2) is 4.98 Å². The van der Waals surface area contributed by atoms with Crippen molar-refractivity contribution in [3.63, 3.8) is 0 Å². The monoisotopic (exact) mass is 400 g/mol. The highest BCUT2D eigenvalue weighted by molar-refractivity contribution is 7.09. The zero-order valence-corrected chi connectivity index (χ0v) is 16.8. The highest BCUT2D eigenvalue weighted by Crippen LogP contribution is 2.25. The van der Waals surface area contributed by atoms with Crippen molar-refractivity contribution in [3.05, 3.63) is 52.0 Å². The number of thiazole rings is 1. The third-order valence-electron chi connectivity index (χ3n) is 4.41. The minimum absolute atomic E-state index is 0.0475. The molecule has 0 radical (unpaired) electrons. The number of nitrogens with zero attached hydrogens (tertiary/aromatic N) is 2. The molecule has 2 aromatic rings. The molecule has 0 aliphatic carbocycles. The third kappa shape index (κ3) is 4.95. The predicted molar refractivity (Wildman–Crippen MR) is 107 cm³/mol. The molecule has 3 amide bonds. The molecule has 2 heterocycles. The number of amides is 3. The van der Waals surface area contributed by atoms with Crippen molar-refractivity contribution in [1.29, 1.82) is 0 Å². The van der Waals surface area contributed by atoms with E-state index in [9.17, 15) is 14.4 Å². The summed E-state index contributed by atoms with van der Waals surface area (Å²) in [5.74, 6) is -0.241. The molecule has 3 rings (SSSR count). The molecule has 7 nitrogen and oxygen atoms in total. The van der Waals surface area contributed by atoms with Crippen molar-refractivity contribution in [2.24, 2.45) is 5.92 Å². The summed E-state index contributed by atoms with van der Waals surface area (Å²) in [5.41, 5.74) is 0.904. The van der Waals surface area contributed by atoms with Gasteiger partial charge < -0.3 is 15.5 Å². The van der Waals surface area contributed by atoms with Crippen LogP contribution in [0.4, 0.5) is 0 Å². The number of hydrogen-bond acceptors (Lipinski definition) is 5. The van der Waals surface area contributed by atoms with Gasteiger partial charge in [0, 0.05) is 24.0 Å². The van der Waals surface area contributed by atoms with E-state index in [1.165, 1.54) is 16.2 Å². The SMILES string of the molecule is CC(C)C[C@H](NC(=O)c1ccccc1)c1nc(C(=O)N2CCNC(=O)C2)cs1. The molecule has 1 fully saturated rings. The molecule has 28 heavy (non-hydrogen) atoms. The summed E-state index contributed by atoms with van der Waals surface area (Å²) >= 11 is 1.36. The Morgan fingerprint density at radius 1 is 1.29 bits per heavy atom. The van der Waals surface area contributed by atoms with Crippen molar-refractivity contribution in [1.82, 2.24) is 20.5 Å². The largest absolute Gasteiger partial charge is 0.353 e. The Labute approximate surface area is 168 Å². The molecule has 0 unspecified atom stereocenters. The highest BCUT2D eigenvalue weighted by atomic mass is 32.1. The van der Waals surface area contributed by atoms with E-state index in [2.05, 4.69) is 29.5 Å². The average molecular weight is 401 g/mol. The van der Waals surface area contributed by atoms with E-state index in [4.69, 9.17) is 0 Å². The molecule has 0 bridgehead atoms. The second kappa shape index (κ2) is 8.97. The maximum atomic E-state index is 12.6. The molecule has 148 valence electrons. The van der Waals surface area contributed by atoms with Crippen molar-refractivity contribution < 1.29 is 14.4 Å². The number of nitrogens with one attached hydrogen (secondary N) is 2. The van der Waals surface area contributed by atoms with Gasteiger partial charge >= 0.3 is 0 Å². The summed E-state index contributed by atoms with van der Waals surface area (Å²) in [7, 11) is 0. The fourth-order valence-electron chi connectivity index (χ4n) is 3.04. The van der Waals surface area contributed by atoms with Gasteiger partial charge in [0.2, 0.25) is 5.91 Å². The zero-order chi connectivity index (χ0) is 20.1. The van der Waals surface area contributed by atoms with Crippen molar-refractivity contribution in [2.75, 3.05) is 19.6 Å². The second-order valence-corrected chi connectivity index (χ2v) is 8.06. The molecule has 1 aromatic carbocycles. The minimum Gasteiger partial charge on any atom is -0.353 e. The first-order valence-electron chi connectivity index (χ1n) is 9.31. The fourth-order valence-corrected chi connectivity index (χ4v) is 3.90. The maximum absolute atomic E-state index is 12.6. The lowest BCUT2D eigenvalue weighted by Crippen LogP contribution is -2.50. The Hall–Kier alpha value is -2.74. The molecule has 1 atom stereocenters. The van der Waals surface area contributed by atoms with Gasteiger partial charge in [-0.3, -0.25) is 14.4 Å². The Morgan fingerprint density at radius 3 is 2.71 bits per heavy atom. The van der Waals surface area contributed by atoms with Crippen LogP contribution in [-0.4, -0.2) is 47.2 Å². The number of carbonyl (C=O) groups is 3. The zero-order valence-electron chi connectivity index (χ0n) is 16.0. The summed E-state index contributed by atoms with van der Waals surface area (Å²) < 4.78 is 0.